The Labute approximate surface area is 120 Å². The predicted octanol–water partition coefficient (Wildman–Crippen LogP) is 1.67. The summed E-state index contributed by atoms with van der Waals surface area (Å²) in [6.45, 7) is 6.27. The molecule has 2 rings (SSSR count). The van der Waals surface area contributed by atoms with E-state index in [0.717, 1.165) is 26.1 Å². The summed E-state index contributed by atoms with van der Waals surface area (Å²) < 4.78 is 5.34. The number of nitrogens with one attached hydrogen (secondary N) is 1. The number of carbonyl (C=O) groups is 2. The Morgan fingerprint density at radius 2 is 1.85 bits per heavy atom. The molecule has 1 aliphatic heterocycles. The first kappa shape index (κ1) is 15.3. The molecule has 0 radical (unpaired) electrons. The van der Waals surface area contributed by atoms with Gasteiger partial charge < -0.3 is 15.2 Å². The number of amides is 1. The van der Waals surface area contributed by atoms with Gasteiger partial charge in [0.2, 0.25) is 5.91 Å². The number of carbonyl (C=O) groups excluding carboxylic acids is 1. The Hall–Kier alpha value is -1.10. The van der Waals surface area contributed by atoms with Crippen LogP contribution in [-0.2, 0) is 14.3 Å². The molecule has 2 aliphatic rings. The first-order valence-electron chi connectivity index (χ1n) is 7.49. The predicted molar refractivity (Wildman–Crippen MR) is 74.2 cm³/mol. The van der Waals surface area contributed by atoms with Crippen molar-refractivity contribution in [2.24, 2.45) is 23.2 Å². The van der Waals surface area contributed by atoms with Crippen LogP contribution in [0.2, 0.25) is 0 Å². The number of rotatable bonds is 4. The molecule has 114 valence electrons. The van der Waals surface area contributed by atoms with Crippen molar-refractivity contribution in [3.8, 4) is 0 Å². The minimum absolute atomic E-state index is 0.0802. The zero-order chi connectivity index (χ0) is 14.8. The summed E-state index contributed by atoms with van der Waals surface area (Å²) >= 11 is 0. The third-order valence-corrected chi connectivity index (χ3v) is 4.84. The molecule has 0 aromatic carbocycles. The van der Waals surface area contributed by atoms with Gasteiger partial charge in [-0.25, -0.2) is 0 Å². The van der Waals surface area contributed by atoms with Crippen LogP contribution in [0.5, 0.6) is 0 Å². The second-order valence-electron chi connectivity index (χ2n) is 6.77. The fourth-order valence-electron chi connectivity index (χ4n) is 3.33. The minimum Gasteiger partial charge on any atom is -0.481 e. The van der Waals surface area contributed by atoms with Crippen molar-refractivity contribution in [3.05, 3.63) is 0 Å². The number of ether oxygens (including phenoxy) is 1. The lowest BCUT2D eigenvalue weighted by Gasteiger charge is -2.34. The molecule has 0 aromatic rings. The Kier molecular flexibility index (Phi) is 4.68. The second kappa shape index (κ2) is 6.12. The van der Waals surface area contributed by atoms with Gasteiger partial charge in [0.25, 0.3) is 0 Å². The molecule has 20 heavy (non-hydrogen) atoms. The number of carboxylic acids is 1. The Balaban J connectivity index is 1.89. The maximum Gasteiger partial charge on any atom is 0.307 e. The molecule has 5 nitrogen and oxygen atoms in total. The number of carboxylic acid groups (broad SMARTS) is 1. The van der Waals surface area contributed by atoms with Crippen molar-refractivity contribution >= 4 is 11.9 Å². The molecule has 3 unspecified atom stereocenters. The van der Waals surface area contributed by atoms with E-state index in [1.165, 1.54) is 0 Å². The highest BCUT2D eigenvalue weighted by atomic mass is 16.5. The molecule has 2 fully saturated rings. The summed E-state index contributed by atoms with van der Waals surface area (Å²) in [6, 6.07) is 0. The van der Waals surface area contributed by atoms with Crippen LogP contribution >= 0.6 is 0 Å². The Morgan fingerprint density at radius 3 is 2.45 bits per heavy atom. The van der Waals surface area contributed by atoms with E-state index in [1.54, 1.807) is 0 Å². The van der Waals surface area contributed by atoms with Crippen molar-refractivity contribution in [2.75, 3.05) is 19.8 Å². The van der Waals surface area contributed by atoms with E-state index >= 15 is 0 Å². The van der Waals surface area contributed by atoms with Gasteiger partial charge in [-0.1, -0.05) is 13.8 Å². The van der Waals surface area contributed by atoms with E-state index < -0.39 is 11.9 Å². The van der Waals surface area contributed by atoms with Gasteiger partial charge in [-0.3, -0.25) is 9.59 Å². The summed E-state index contributed by atoms with van der Waals surface area (Å²) in [5.41, 5.74) is 0.0802. The van der Waals surface area contributed by atoms with Crippen LogP contribution < -0.4 is 5.32 Å². The van der Waals surface area contributed by atoms with E-state index in [-0.39, 0.29) is 17.2 Å². The summed E-state index contributed by atoms with van der Waals surface area (Å²) in [4.78, 5) is 23.5. The molecule has 3 atom stereocenters. The van der Waals surface area contributed by atoms with Crippen molar-refractivity contribution in [3.63, 3.8) is 0 Å². The highest BCUT2D eigenvalue weighted by molar-refractivity contribution is 5.85. The molecule has 5 heteroatoms. The standard InChI is InChI=1S/C15H25NO4/c1-10-7-11(12(8-10)14(18)19)13(17)16-9-15(2)3-5-20-6-4-15/h10-12H,3-9H2,1-2H3,(H,16,17)(H,18,19). The first-order chi connectivity index (χ1) is 9.41. The van der Waals surface area contributed by atoms with E-state index in [1.807, 2.05) is 6.92 Å². The highest BCUT2D eigenvalue weighted by Gasteiger charge is 2.41. The summed E-state index contributed by atoms with van der Waals surface area (Å²) in [5.74, 6) is -1.51. The molecule has 1 heterocycles. The van der Waals surface area contributed by atoms with Crippen LogP contribution in [0.1, 0.15) is 39.5 Å². The fourth-order valence-corrected chi connectivity index (χ4v) is 3.33. The molecule has 1 saturated heterocycles. The van der Waals surface area contributed by atoms with Gasteiger partial charge in [-0.2, -0.15) is 0 Å². The van der Waals surface area contributed by atoms with Crippen molar-refractivity contribution < 1.29 is 19.4 Å². The lowest BCUT2D eigenvalue weighted by atomic mass is 9.82. The lowest BCUT2D eigenvalue weighted by Crippen LogP contribution is -2.43. The van der Waals surface area contributed by atoms with Gasteiger partial charge in [-0.05, 0) is 37.0 Å². The maximum atomic E-state index is 12.3. The lowest BCUT2D eigenvalue weighted by molar-refractivity contribution is -0.146. The van der Waals surface area contributed by atoms with Gasteiger partial charge in [0.1, 0.15) is 0 Å². The van der Waals surface area contributed by atoms with E-state index in [2.05, 4.69) is 12.2 Å². The number of hydrogen-bond acceptors (Lipinski definition) is 3. The zero-order valence-corrected chi connectivity index (χ0v) is 12.4. The third-order valence-electron chi connectivity index (χ3n) is 4.84. The highest BCUT2D eigenvalue weighted by Crippen LogP contribution is 2.37. The molecule has 0 bridgehead atoms. The molecule has 2 N–H and O–H groups in total. The van der Waals surface area contributed by atoms with Crippen molar-refractivity contribution in [2.45, 2.75) is 39.5 Å². The number of aliphatic carboxylic acids is 1. The average molecular weight is 283 g/mol. The quantitative estimate of drug-likeness (QED) is 0.823. The molecule has 1 aliphatic carbocycles. The molecule has 0 aromatic heterocycles. The van der Waals surface area contributed by atoms with Crippen molar-refractivity contribution in [1.29, 1.82) is 0 Å². The minimum atomic E-state index is -0.841. The zero-order valence-electron chi connectivity index (χ0n) is 12.4. The first-order valence-corrected chi connectivity index (χ1v) is 7.49. The number of hydrogen-bond donors (Lipinski definition) is 2. The summed E-state index contributed by atoms with van der Waals surface area (Å²) in [7, 11) is 0. The van der Waals surface area contributed by atoms with Crippen LogP contribution in [0, 0.1) is 23.2 Å². The van der Waals surface area contributed by atoms with E-state index in [9.17, 15) is 14.7 Å². The molecular formula is C15H25NO4. The monoisotopic (exact) mass is 283 g/mol. The van der Waals surface area contributed by atoms with Gasteiger partial charge in [0, 0.05) is 19.8 Å². The molecular weight excluding hydrogens is 258 g/mol. The average Bonchev–Trinajstić information content (AvgIpc) is 2.79. The van der Waals surface area contributed by atoms with E-state index in [4.69, 9.17) is 4.74 Å². The maximum absolute atomic E-state index is 12.3. The van der Waals surface area contributed by atoms with Gasteiger partial charge in [0.15, 0.2) is 0 Å². The molecule has 1 saturated carbocycles. The third kappa shape index (κ3) is 3.51. The normalized spacial score (nSPS) is 32.8. The van der Waals surface area contributed by atoms with E-state index in [0.29, 0.717) is 25.3 Å². The largest absolute Gasteiger partial charge is 0.481 e. The smallest absolute Gasteiger partial charge is 0.307 e. The molecule has 0 spiro atoms. The van der Waals surface area contributed by atoms with Gasteiger partial charge in [0.05, 0.1) is 11.8 Å². The van der Waals surface area contributed by atoms with Crippen LogP contribution in [0.3, 0.4) is 0 Å². The Bertz CT molecular complexity index is 376. The Morgan fingerprint density at radius 1 is 1.25 bits per heavy atom. The molecule has 1 amide bonds. The second-order valence-corrected chi connectivity index (χ2v) is 6.77. The summed E-state index contributed by atoms with van der Waals surface area (Å²) in [6.07, 6.45) is 3.18. The fraction of sp³-hybridized carbons (Fsp3) is 0.867. The van der Waals surface area contributed by atoms with Crippen LogP contribution in [0.15, 0.2) is 0 Å². The SMILES string of the molecule is CC1CC(C(=O)O)C(C(=O)NCC2(C)CCOCC2)C1. The van der Waals surface area contributed by atoms with Gasteiger partial charge >= 0.3 is 5.97 Å². The van der Waals surface area contributed by atoms with Gasteiger partial charge in [-0.15, -0.1) is 0 Å². The van der Waals surface area contributed by atoms with Crippen LogP contribution in [0.4, 0.5) is 0 Å². The summed E-state index contributed by atoms with van der Waals surface area (Å²) in [5, 5.41) is 12.2. The van der Waals surface area contributed by atoms with Crippen LogP contribution in [0.25, 0.3) is 0 Å². The van der Waals surface area contributed by atoms with Crippen LogP contribution in [-0.4, -0.2) is 36.7 Å². The van der Waals surface area contributed by atoms with Crippen molar-refractivity contribution in [1.82, 2.24) is 5.32 Å². The topological polar surface area (TPSA) is 75.6 Å².